The molecule has 46 heavy (non-hydrogen) atoms. The van der Waals surface area contributed by atoms with Crippen molar-refractivity contribution in [3.8, 4) is 11.3 Å². The number of piperidine rings is 1. The van der Waals surface area contributed by atoms with Crippen LogP contribution in [-0.2, 0) is 25.9 Å². The SMILES string of the molecule is CC1(C)OB(c2ccc(-c3ccc(Cn4c(=O)c(C(F)F)cc5cnc(NC6CCN(S(C)(=O)=O)CC6)nc54)cc3)o2)OC1(C)C. The number of benzene rings is 1. The molecule has 0 bridgehead atoms. The quantitative estimate of drug-likeness (QED) is 0.278. The van der Waals surface area contributed by atoms with E-state index in [1.807, 2.05) is 52.0 Å². The number of furan rings is 1. The molecule has 15 heteroatoms. The molecule has 0 unspecified atom stereocenters. The van der Waals surface area contributed by atoms with E-state index in [0.29, 0.717) is 48.3 Å². The third-order valence-electron chi connectivity index (χ3n) is 9.04. The third kappa shape index (κ3) is 6.33. The largest absolute Gasteiger partial charge is 0.532 e. The van der Waals surface area contributed by atoms with Gasteiger partial charge in [0.1, 0.15) is 17.1 Å². The van der Waals surface area contributed by atoms with E-state index in [1.54, 1.807) is 12.1 Å². The molecule has 0 saturated carbocycles. The number of rotatable bonds is 8. The van der Waals surface area contributed by atoms with Gasteiger partial charge in [-0.05, 0) is 64.3 Å². The number of fused-ring (bicyclic) bond motifs is 1. The standard InChI is InChI=1S/C31H36BF2N5O6S/c1-30(2)31(3,4)45-32(44-30)25-11-10-24(43-25)20-8-6-19(7-9-20)18-39-27-21(16-23(26(33)34)28(39)40)17-35-29(37-27)36-22-12-14-38(15-13-22)46(5,41)42/h6-11,16-17,22,26H,12-15,18H2,1-5H3,(H,35,36,37). The number of halogens is 2. The number of aromatic nitrogens is 3. The van der Waals surface area contributed by atoms with E-state index >= 15 is 0 Å². The van der Waals surface area contributed by atoms with Crippen LogP contribution in [0, 0.1) is 0 Å². The molecule has 2 saturated heterocycles. The van der Waals surface area contributed by atoms with Crippen molar-refractivity contribution in [1.82, 2.24) is 18.8 Å². The molecule has 2 aliphatic rings. The fourth-order valence-corrected chi connectivity index (χ4v) is 6.49. The van der Waals surface area contributed by atoms with Gasteiger partial charge in [0.2, 0.25) is 16.0 Å². The lowest BCUT2D eigenvalue weighted by Crippen LogP contribution is -2.42. The van der Waals surface area contributed by atoms with Crippen LogP contribution in [0.15, 0.2) is 57.9 Å². The predicted molar refractivity (Wildman–Crippen MR) is 171 cm³/mol. The lowest BCUT2D eigenvalue weighted by molar-refractivity contribution is 0.00578. The maximum absolute atomic E-state index is 13.9. The number of anilines is 1. The lowest BCUT2D eigenvalue weighted by Gasteiger charge is -2.32. The highest BCUT2D eigenvalue weighted by molar-refractivity contribution is 7.88. The second-order valence-corrected chi connectivity index (χ2v) is 14.8. The summed E-state index contributed by atoms with van der Waals surface area (Å²) in [6.45, 7) is 8.60. The number of sulfonamides is 1. The van der Waals surface area contributed by atoms with Gasteiger partial charge in [-0.1, -0.05) is 24.3 Å². The van der Waals surface area contributed by atoms with Gasteiger partial charge in [0.25, 0.3) is 12.0 Å². The Kier molecular flexibility index (Phi) is 8.32. The summed E-state index contributed by atoms with van der Waals surface area (Å²) in [5.74, 6) is 0.832. The van der Waals surface area contributed by atoms with Crippen molar-refractivity contribution < 1.29 is 30.9 Å². The van der Waals surface area contributed by atoms with Gasteiger partial charge in [0.05, 0.1) is 29.6 Å². The number of hydrogen-bond acceptors (Lipinski definition) is 9. The van der Waals surface area contributed by atoms with Crippen LogP contribution >= 0.6 is 0 Å². The van der Waals surface area contributed by atoms with Gasteiger partial charge in [-0.25, -0.2) is 26.5 Å². The van der Waals surface area contributed by atoms with Crippen LogP contribution in [0.4, 0.5) is 14.7 Å². The molecule has 6 rings (SSSR count). The summed E-state index contributed by atoms with van der Waals surface area (Å²) in [7, 11) is -3.91. The zero-order valence-corrected chi connectivity index (χ0v) is 27.1. The highest BCUT2D eigenvalue weighted by Crippen LogP contribution is 2.37. The monoisotopic (exact) mass is 655 g/mol. The van der Waals surface area contributed by atoms with Gasteiger partial charge in [-0.3, -0.25) is 9.36 Å². The maximum atomic E-state index is 13.9. The van der Waals surface area contributed by atoms with E-state index in [9.17, 15) is 22.0 Å². The highest BCUT2D eigenvalue weighted by Gasteiger charge is 2.53. The highest BCUT2D eigenvalue weighted by atomic mass is 32.2. The molecule has 0 atom stereocenters. The number of alkyl halides is 2. The average Bonchev–Trinajstić information content (AvgIpc) is 3.56. The van der Waals surface area contributed by atoms with Crippen LogP contribution in [0.3, 0.4) is 0 Å². The van der Waals surface area contributed by atoms with Crippen LogP contribution in [0.2, 0.25) is 0 Å². The van der Waals surface area contributed by atoms with Gasteiger partial charge < -0.3 is 19.0 Å². The topological polar surface area (TPSA) is 129 Å². The number of hydrogen-bond donors (Lipinski definition) is 1. The van der Waals surface area contributed by atoms with Gasteiger partial charge in [0.15, 0.2) is 0 Å². The minimum atomic E-state index is -3.27. The van der Waals surface area contributed by atoms with Gasteiger partial charge in [0, 0.05) is 36.3 Å². The summed E-state index contributed by atoms with van der Waals surface area (Å²) in [4.78, 5) is 22.1. The molecule has 0 radical (unpaired) electrons. The molecule has 244 valence electrons. The maximum Gasteiger partial charge on any atom is 0.532 e. The molecule has 0 amide bonds. The Morgan fingerprint density at radius 1 is 1.04 bits per heavy atom. The van der Waals surface area contributed by atoms with Crippen molar-refractivity contribution >= 4 is 39.8 Å². The second kappa shape index (κ2) is 11.9. The molecule has 1 aromatic carbocycles. The summed E-state index contributed by atoms with van der Waals surface area (Å²) >= 11 is 0. The van der Waals surface area contributed by atoms with Crippen LogP contribution in [0.1, 0.15) is 58.1 Å². The molecule has 2 fully saturated rings. The molecule has 1 N–H and O–H groups in total. The van der Waals surface area contributed by atoms with Crippen molar-refractivity contribution in [1.29, 1.82) is 0 Å². The van der Waals surface area contributed by atoms with Gasteiger partial charge in [-0.15, -0.1) is 0 Å². The first-order chi connectivity index (χ1) is 21.6. The van der Waals surface area contributed by atoms with Crippen LogP contribution in [-0.4, -0.2) is 71.0 Å². The minimum Gasteiger partial charge on any atom is -0.465 e. The molecule has 2 aliphatic heterocycles. The average molecular weight is 656 g/mol. The van der Waals surface area contributed by atoms with Gasteiger partial charge >= 0.3 is 7.12 Å². The molecule has 0 aliphatic carbocycles. The molecule has 4 aromatic rings. The fourth-order valence-electron chi connectivity index (χ4n) is 5.62. The van der Waals surface area contributed by atoms with Crippen LogP contribution < -0.4 is 16.5 Å². The zero-order chi connectivity index (χ0) is 33.0. The molecule has 0 spiro atoms. The second-order valence-electron chi connectivity index (χ2n) is 12.8. The first-order valence-electron chi connectivity index (χ1n) is 15.1. The Bertz CT molecular complexity index is 1910. The zero-order valence-electron chi connectivity index (χ0n) is 26.3. The van der Waals surface area contributed by atoms with E-state index in [4.69, 9.17) is 13.7 Å². The Hall–Kier alpha value is -3.66. The Morgan fingerprint density at radius 3 is 2.30 bits per heavy atom. The van der Waals surface area contributed by atoms with Crippen molar-refractivity contribution in [2.75, 3.05) is 24.7 Å². The van der Waals surface area contributed by atoms with Crippen molar-refractivity contribution in [3.63, 3.8) is 0 Å². The minimum absolute atomic E-state index is 0.00327. The normalized spacial score (nSPS) is 18.9. The lowest BCUT2D eigenvalue weighted by atomic mass is 9.86. The first-order valence-corrected chi connectivity index (χ1v) is 16.9. The Morgan fingerprint density at radius 2 is 1.70 bits per heavy atom. The Labute approximate surface area is 266 Å². The van der Waals surface area contributed by atoms with Crippen LogP contribution in [0.25, 0.3) is 22.4 Å². The van der Waals surface area contributed by atoms with E-state index in [0.717, 1.165) is 11.6 Å². The number of pyridine rings is 1. The van der Waals surface area contributed by atoms with Crippen molar-refractivity contribution in [2.45, 2.75) is 70.8 Å². The van der Waals surface area contributed by atoms with E-state index in [-0.39, 0.29) is 24.2 Å². The summed E-state index contributed by atoms with van der Waals surface area (Å²) in [6.07, 6.45) is 0.720. The predicted octanol–water partition coefficient (Wildman–Crippen LogP) is 4.17. The van der Waals surface area contributed by atoms with E-state index in [2.05, 4.69) is 15.3 Å². The molecular formula is C31H36BF2N5O6S. The molecule has 5 heterocycles. The summed E-state index contributed by atoms with van der Waals surface area (Å²) in [5.41, 5.74) is -0.250. The number of nitrogens with one attached hydrogen (secondary N) is 1. The summed E-state index contributed by atoms with van der Waals surface area (Å²) in [6, 6.07) is 11.9. The van der Waals surface area contributed by atoms with Crippen molar-refractivity contribution in [2.24, 2.45) is 0 Å². The van der Waals surface area contributed by atoms with Crippen molar-refractivity contribution in [3.05, 3.63) is 70.1 Å². The van der Waals surface area contributed by atoms with E-state index in [1.165, 1.54) is 21.3 Å². The first kappa shape index (κ1) is 32.3. The summed E-state index contributed by atoms with van der Waals surface area (Å²) in [5, 5.41) is 3.51. The molecule has 3 aromatic heterocycles. The van der Waals surface area contributed by atoms with Crippen LogP contribution in [0.5, 0.6) is 0 Å². The Balaban J connectivity index is 1.23. The fraction of sp³-hybridized carbons (Fsp3) is 0.452. The molecule has 11 nitrogen and oxygen atoms in total. The van der Waals surface area contributed by atoms with E-state index < -0.39 is 45.9 Å². The molecular weight excluding hydrogens is 619 g/mol. The van der Waals surface area contributed by atoms with Gasteiger partial charge in [-0.2, -0.15) is 4.98 Å². The third-order valence-corrected chi connectivity index (χ3v) is 10.3. The number of nitrogens with zero attached hydrogens (tertiary/aromatic N) is 4. The smallest absolute Gasteiger partial charge is 0.465 e. The summed E-state index contributed by atoms with van der Waals surface area (Å²) < 4.78 is 72.4.